The minimum atomic E-state index is -1.22. The second kappa shape index (κ2) is 12.6. The molecular formula is C30H55ClN2O5. The number of ether oxygens (including phenoxy) is 1. The van der Waals surface area contributed by atoms with Crippen LogP contribution < -0.4 is 5.32 Å². The van der Waals surface area contributed by atoms with Gasteiger partial charge in [-0.2, -0.15) is 0 Å². The largest absolute Gasteiger partial charge is 0.395 e. The third-order valence-corrected chi connectivity index (χ3v) is 9.52. The van der Waals surface area contributed by atoms with Crippen LogP contribution in [0.15, 0.2) is 0 Å². The number of nitrogens with zero attached hydrogens (tertiary/aromatic N) is 1. The van der Waals surface area contributed by atoms with E-state index in [1.807, 2.05) is 18.7 Å². The molecule has 4 saturated carbocycles. The van der Waals surface area contributed by atoms with Crippen LogP contribution in [-0.4, -0.2) is 82.3 Å². The molecule has 0 aromatic rings. The predicted molar refractivity (Wildman–Crippen MR) is 152 cm³/mol. The van der Waals surface area contributed by atoms with Gasteiger partial charge in [0.15, 0.2) is 0 Å². The van der Waals surface area contributed by atoms with Crippen LogP contribution >= 0.6 is 12.4 Å². The molecule has 222 valence electrons. The monoisotopic (exact) mass is 558 g/mol. The van der Waals surface area contributed by atoms with Gasteiger partial charge in [0.1, 0.15) is 12.1 Å². The molecule has 0 aromatic carbocycles. The Labute approximate surface area is 236 Å². The van der Waals surface area contributed by atoms with Crippen LogP contribution in [0, 0.1) is 28.6 Å². The Hall–Kier alpha value is -0.440. The highest BCUT2D eigenvalue weighted by atomic mass is 35.5. The van der Waals surface area contributed by atoms with E-state index in [0.29, 0.717) is 12.0 Å². The zero-order valence-electron chi connectivity index (χ0n) is 24.5. The summed E-state index contributed by atoms with van der Waals surface area (Å²) in [6.45, 7) is 12.3. The maximum atomic E-state index is 13.3. The SMILES string of the molecule is CC(C)(C)CC(C)(C)NC(=O)[C@@H]1[C@H](O)[C@@H](O)[C@H](CO)N1CCCCCOCC12CC3CC(CC(C3)C1)C2.Cl. The van der Waals surface area contributed by atoms with E-state index in [-0.39, 0.29) is 30.3 Å². The van der Waals surface area contributed by atoms with Gasteiger partial charge in [0.2, 0.25) is 5.91 Å². The van der Waals surface area contributed by atoms with E-state index in [9.17, 15) is 20.1 Å². The molecule has 4 N–H and O–H groups in total. The molecule has 0 unspecified atom stereocenters. The normalized spacial score (nSPS) is 36.9. The summed E-state index contributed by atoms with van der Waals surface area (Å²) in [5, 5.41) is 34.3. The van der Waals surface area contributed by atoms with Crippen LogP contribution in [-0.2, 0) is 9.53 Å². The minimum Gasteiger partial charge on any atom is -0.395 e. The number of nitrogens with one attached hydrogen (secondary N) is 1. The summed E-state index contributed by atoms with van der Waals surface area (Å²) in [6.07, 6.45) is 9.65. The summed E-state index contributed by atoms with van der Waals surface area (Å²) >= 11 is 0. The Morgan fingerprint density at radius 2 is 1.53 bits per heavy atom. The maximum absolute atomic E-state index is 13.3. The number of aliphatic hydroxyl groups excluding tert-OH is 3. The molecule has 8 heteroatoms. The average molecular weight is 559 g/mol. The first-order valence-electron chi connectivity index (χ1n) is 14.9. The van der Waals surface area contributed by atoms with Crippen LogP contribution in [0.25, 0.3) is 0 Å². The van der Waals surface area contributed by atoms with E-state index in [1.54, 1.807) is 0 Å². The molecule has 1 amide bonds. The Balaban J connectivity index is 0.00000400. The number of likely N-dealkylation sites (tertiary alicyclic amines) is 1. The number of rotatable bonds is 12. The molecule has 1 heterocycles. The van der Waals surface area contributed by atoms with Crippen molar-refractivity contribution in [3.05, 3.63) is 0 Å². The van der Waals surface area contributed by atoms with Crippen LogP contribution in [0.1, 0.15) is 98.8 Å². The molecular weight excluding hydrogens is 504 g/mol. The van der Waals surface area contributed by atoms with Crippen molar-refractivity contribution >= 4 is 18.3 Å². The summed E-state index contributed by atoms with van der Waals surface area (Å²) in [5.41, 5.74) is 0.0406. The van der Waals surface area contributed by atoms with Crippen molar-refractivity contribution in [1.29, 1.82) is 0 Å². The number of carbonyl (C=O) groups is 1. The van der Waals surface area contributed by atoms with Gasteiger partial charge in [-0.25, -0.2) is 0 Å². The topological polar surface area (TPSA) is 102 Å². The lowest BCUT2D eigenvalue weighted by atomic mass is 9.50. The molecule has 0 radical (unpaired) electrons. The fraction of sp³-hybridized carbons (Fsp3) is 0.967. The fourth-order valence-electron chi connectivity index (χ4n) is 9.04. The second-order valence-corrected chi connectivity index (χ2v) is 15.1. The van der Waals surface area contributed by atoms with Gasteiger partial charge in [-0.15, -0.1) is 12.4 Å². The molecule has 5 aliphatic rings. The third-order valence-electron chi connectivity index (χ3n) is 9.52. The average Bonchev–Trinajstić information content (AvgIpc) is 2.99. The minimum absolute atomic E-state index is 0. The molecule has 4 aliphatic carbocycles. The van der Waals surface area contributed by atoms with E-state index in [2.05, 4.69) is 26.1 Å². The lowest BCUT2D eigenvalue weighted by Gasteiger charge is -2.56. The van der Waals surface area contributed by atoms with Gasteiger partial charge in [0.25, 0.3) is 0 Å². The molecule has 4 bridgehead atoms. The molecule has 1 aliphatic heterocycles. The zero-order chi connectivity index (χ0) is 27.0. The number of amides is 1. The highest BCUT2D eigenvalue weighted by Gasteiger charge is 2.52. The van der Waals surface area contributed by atoms with E-state index in [0.717, 1.165) is 56.7 Å². The standard InChI is InChI=1S/C30H54N2O5.ClH/c1-28(2,3)18-29(4,5)31-27(36)24-26(35)25(34)23(17-33)32(24)9-7-6-8-10-37-19-30-14-20-11-21(15-30)13-22(12-20)16-30;/h20-26,33-35H,6-19H2,1-5H3,(H,31,36);1H/t20?,21?,22?,23-,24-,25-,26-,30?;/m0./s1. The lowest BCUT2D eigenvalue weighted by Crippen LogP contribution is -2.56. The van der Waals surface area contributed by atoms with Crippen LogP contribution in [0.3, 0.4) is 0 Å². The Kier molecular flexibility index (Phi) is 10.6. The Bertz CT molecular complexity index is 750. The van der Waals surface area contributed by atoms with Gasteiger partial charge >= 0.3 is 0 Å². The predicted octanol–water partition coefficient (Wildman–Crippen LogP) is 3.91. The number of hydrogen-bond acceptors (Lipinski definition) is 6. The van der Waals surface area contributed by atoms with E-state index >= 15 is 0 Å². The first kappa shape index (κ1) is 32.1. The zero-order valence-corrected chi connectivity index (χ0v) is 25.3. The number of halogens is 1. The number of unbranched alkanes of at least 4 members (excludes halogenated alkanes) is 2. The van der Waals surface area contributed by atoms with Crippen molar-refractivity contribution in [2.24, 2.45) is 28.6 Å². The molecule has 1 saturated heterocycles. The fourth-order valence-corrected chi connectivity index (χ4v) is 9.04. The number of hydrogen-bond donors (Lipinski definition) is 4. The highest BCUT2D eigenvalue weighted by Crippen LogP contribution is 2.60. The van der Waals surface area contributed by atoms with E-state index in [1.165, 1.54) is 38.5 Å². The first-order valence-corrected chi connectivity index (χ1v) is 14.9. The summed E-state index contributed by atoms with van der Waals surface area (Å²) in [7, 11) is 0. The molecule has 0 spiro atoms. The number of carbonyl (C=O) groups excluding carboxylic acids is 1. The molecule has 0 aromatic heterocycles. The first-order chi connectivity index (χ1) is 17.3. The van der Waals surface area contributed by atoms with Gasteiger partial charge in [-0.1, -0.05) is 20.8 Å². The molecule has 7 nitrogen and oxygen atoms in total. The van der Waals surface area contributed by atoms with Gasteiger partial charge in [-0.3, -0.25) is 9.69 Å². The van der Waals surface area contributed by atoms with Gasteiger partial charge in [-0.05, 0) is 113 Å². The van der Waals surface area contributed by atoms with Crippen molar-refractivity contribution in [3.8, 4) is 0 Å². The summed E-state index contributed by atoms with van der Waals surface area (Å²) < 4.78 is 6.22. The third kappa shape index (κ3) is 7.64. The van der Waals surface area contributed by atoms with Gasteiger partial charge in [0, 0.05) is 12.1 Å². The summed E-state index contributed by atoms with van der Waals surface area (Å²) in [6, 6.07) is -1.50. The van der Waals surface area contributed by atoms with Crippen LogP contribution in [0.4, 0.5) is 0 Å². The molecule has 5 rings (SSSR count). The number of aliphatic hydroxyl groups is 3. The Morgan fingerprint density at radius 3 is 2.05 bits per heavy atom. The molecule has 38 heavy (non-hydrogen) atoms. The van der Waals surface area contributed by atoms with Crippen molar-refractivity contribution in [2.75, 3.05) is 26.4 Å². The maximum Gasteiger partial charge on any atom is 0.240 e. The van der Waals surface area contributed by atoms with Crippen molar-refractivity contribution in [3.63, 3.8) is 0 Å². The highest BCUT2D eigenvalue weighted by molar-refractivity contribution is 5.85. The van der Waals surface area contributed by atoms with Crippen molar-refractivity contribution in [2.45, 2.75) is 129 Å². The van der Waals surface area contributed by atoms with Crippen LogP contribution in [0.5, 0.6) is 0 Å². The second-order valence-electron chi connectivity index (χ2n) is 15.1. The van der Waals surface area contributed by atoms with E-state index < -0.39 is 29.8 Å². The molecule has 4 atom stereocenters. The van der Waals surface area contributed by atoms with Gasteiger partial charge < -0.3 is 25.4 Å². The van der Waals surface area contributed by atoms with Crippen molar-refractivity contribution in [1.82, 2.24) is 10.2 Å². The van der Waals surface area contributed by atoms with Crippen molar-refractivity contribution < 1.29 is 24.9 Å². The van der Waals surface area contributed by atoms with E-state index in [4.69, 9.17) is 4.74 Å². The quantitative estimate of drug-likeness (QED) is 0.271. The summed E-state index contributed by atoms with van der Waals surface area (Å²) in [4.78, 5) is 15.1. The Morgan fingerprint density at radius 1 is 0.947 bits per heavy atom. The summed E-state index contributed by atoms with van der Waals surface area (Å²) in [5.74, 6) is 2.56. The smallest absolute Gasteiger partial charge is 0.240 e. The lowest BCUT2D eigenvalue weighted by molar-refractivity contribution is -0.131. The van der Waals surface area contributed by atoms with Crippen LogP contribution in [0.2, 0.25) is 0 Å². The molecule has 5 fully saturated rings. The van der Waals surface area contributed by atoms with Gasteiger partial charge in [0.05, 0.1) is 25.4 Å².